The van der Waals surface area contributed by atoms with Gasteiger partial charge in [0.15, 0.2) is 0 Å². The van der Waals surface area contributed by atoms with Gasteiger partial charge in [-0.3, -0.25) is 0 Å². The summed E-state index contributed by atoms with van der Waals surface area (Å²) in [5.41, 5.74) is 1.02. The van der Waals surface area contributed by atoms with Crippen LogP contribution in [0.25, 0.3) is 0 Å². The van der Waals surface area contributed by atoms with Gasteiger partial charge in [-0.2, -0.15) is 0 Å². The molecule has 1 heterocycles. The summed E-state index contributed by atoms with van der Waals surface area (Å²) < 4.78 is 4.96. The fraction of sp³-hybridized carbons (Fsp3) is 0.545. The van der Waals surface area contributed by atoms with E-state index in [1.165, 1.54) is 19.3 Å². The van der Waals surface area contributed by atoms with Crippen LogP contribution in [0.15, 0.2) is 22.4 Å². The molecule has 0 saturated heterocycles. The predicted molar refractivity (Wildman–Crippen MR) is 59.9 cm³/mol. The molecule has 78 valence electrons. The van der Waals surface area contributed by atoms with Crippen molar-refractivity contribution >= 4 is 21.9 Å². The first-order chi connectivity index (χ1) is 6.77. The van der Waals surface area contributed by atoms with Crippen molar-refractivity contribution in [3.05, 3.63) is 22.4 Å². The maximum Gasteiger partial charge on any atom is 0.336 e. The number of cyclic esters (lactones) is 1. The Morgan fingerprint density at radius 2 is 2.21 bits per heavy atom. The fourth-order valence-electron chi connectivity index (χ4n) is 1.45. The number of rotatable bonds is 5. The highest BCUT2D eigenvalue weighted by atomic mass is 79.9. The predicted octanol–water partition coefficient (Wildman–Crippen LogP) is 3.68. The van der Waals surface area contributed by atoms with Crippen molar-refractivity contribution in [3.63, 3.8) is 0 Å². The van der Waals surface area contributed by atoms with Gasteiger partial charge in [0.05, 0.1) is 0 Å². The largest absolute Gasteiger partial charge is 0.423 e. The molecule has 1 rings (SSSR count). The minimum absolute atomic E-state index is 0.249. The molecular weight excluding hydrogens is 244 g/mol. The van der Waals surface area contributed by atoms with Crippen molar-refractivity contribution in [2.24, 2.45) is 0 Å². The van der Waals surface area contributed by atoms with E-state index in [1.807, 2.05) is 0 Å². The number of hydrogen-bond acceptors (Lipinski definition) is 2. The van der Waals surface area contributed by atoms with Gasteiger partial charge in [0.1, 0.15) is 5.76 Å². The van der Waals surface area contributed by atoms with Crippen molar-refractivity contribution in [2.75, 3.05) is 0 Å². The zero-order chi connectivity index (χ0) is 10.4. The zero-order valence-electron chi connectivity index (χ0n) is 8.38. The van der Waals surface area contributed by atoms with Crippen LogP contribution in [0, 0.1) is 0 Å². The summed E-state index contributed by atoms with van der Waals surface area (Å²) in [6.45, 7) is 2.19. The summed E-state index contributed by atoms with van der Waals surface area (Å²) in [6.07, 6.45) is 7.35. The molecule has 3 heteroatoms. The van der Waals surface area contributed by atoms with Crippen LogP contribution in [-0.4, -0.2) is 5.97 Å². The van der Waals surface area contributed by atoms with E-state index in [-0.39, 0.29) is 5.97 Å². The molecular formula is C11H15BrO2. The first-order valence-corrected chi connectivity index (χ1v) is 5.92. The zero-order valence-corrected chi connectivity index (χ0v) is 9.97. The van der Waals surface area contributed by atoms with Gasteiger partial charge in [-0.05, 0) is 12.8 Å². The van der Waals surface area contributed by atoms with Crippen molar-refractivity contribution in [2.45, 2.75) is 39.0 Å². The molecule has 0 saturated carbocycles. The number of hydrogen-bond donors (Lipinski definition) is 0. The van der Waals surface area contributed by atoms with Gasteiger partial charge in [0, 0.05) is 16.6 Å². The molecule has 0 bridgehead atoms. The number of halogens is 1. The summed E-state index contributed by atoms with van der Waals surface area (Å²) in [5.74, 6) is 0.424. The van der Waals surface area contributed by atoms with E-state index in [4.69, 9.17) is 4.74 Å². The summed E-state index contributed by atoms with van der Waals surface area (Å²) in [6, 6.07) is 0. The number of esters is 1. The van der Waals surface area contributed by atoms with Crippen LogP contribution in [0.3, 0.4) is 0 Å². The van der Waals surface area contributed by atoms with Gasteiger partial charge in [0.2, 0.25) is 0 Å². The summed E-state index contributed by atoms with van der Waals surface area (Å²) in [7, 11) is 0. The normalized spacial score (nSPS) is 18.6. The van der Waals surface area contributed by atoms with Crippen LogP contribution < -0.4 is 0 Å². The SMILES string of the molecule is CCCCCCC1=CC(=O)OC1=CBr. The van der Waals surface area contributed by atoms with E-state index in [0.29, 0.717) is 5.76 Å². The average molecular weight is 259 g/mol. The Labute approximate surface area is 93.1 Å². The first-order valence-electron chi connectivity index (χ1n) is 5.01. The molecule has 2 nitrogen and oxygen atoms in total. The van der Waals surface area contributed by atoms with Crippen LogP contribution in [0.4, 0.5) is 0 Å². The Morgan fingerprint density at radius 3 is 2.86 bits per heavy atom. The van der Waals surface area contributed by atoms with E-state index in [0.717, 1.165) is 18.4 Å². The third kappa shape index (κ3) is 3.29. The standard InChI is InChI=1S/C11H15BrO2/c1-2-3-4-5-6-9-7-11(13)14-10(9)8-12/h7-8H,2-6H2,1H3. The van der Waals surface area contributed by atoms with Crippen molar-refractivity contribution < 1.29 is 9.53 Å². The van der Waals surface area contributed by atoms with Crippen LogP contribution in [0.5, 0.6) is 0 Å². The van der Waals surface area contributed by atoms with Gasteiger partial charge >= 0.3 is 5.97 Å². The summed E-state index contributed by atoms with van der Waals surface area (Å²) >= 11 is 3.19. The van der Waals surface area contributed by atoms with Crippen LogP contribution in [-0.2, 0) is 9.53 Å². The Hall–Kier alpha value is -0.570. The molecule has 1 aliphatic rings. The highest BCUT2D eigenvalue weighted by Crippen LogP contribution is 2.25. The fourth-order valence-corrected chi connectivity index (χ4v) is 1.83. The lowest BCUT2D eigenvalue weighted by Crippen LogP contribution is -1.90. The van der Waals surface area contributed by atoms with Crippen LogP contribution in [0.1, 0.15) is 39.0 Å². The Balaban J connectivity index is 2.36. The smallest absolute Gasteiger partial charge is 0.336 e. The molecule has 0 aromatic rings. The Morgan fingerprint density at radius 1 is 1.43 bits per heavy atom. The maximum absolute atomic E-state index is 11.0. The molecule has 0 radical (unpaired) electrons. The highest BCUT2D eigenvalue weighted by Gasteiger charge is 2.18. The van der Waals surface area contributed by atoms with Gasteiger partial charge in [0.25, 0.3) is 0 Å². The lowest BCUT2D eigenvalue weighted by molar-refractivity contribution is -0.132. The first kappa shape index (κ1) is 11.5. The van der Waals surface area contributed by atoms with E-state index in [2.05, 4.69) is 22.9 Å². The topological polar surface area (TPSA) is 26.3 Å². The number of allylic oxidation sites excluding steroid dienone is 1. The second-order valence-corrected chi connectivity index (χ2v) is 3.83. The quantitative estimate of drug-likeness (QED) is 0.556. The Kier molecular flexibility index (Phi) is 4.94. The average Bonchev–Trinajstić information content (AvgIpc) is 2.54. The molecule has 0 N–H and O–H groups in total. The number of ether oxygens (including phenoxy) is 1. The van der Waals surface area contributed by atoms with E-state index < -0.39 is 0 Å². The van der Waals surface area contributed by atoms with Gasteiger partial charge in [-0.15, -0.1) is 0 Å². The molecule has 0 amide bonds. The van der Waals surface area contributed by atoms with E-state index in [1.54, 1.807) is 11.1 Å². The molecule has 1 aliphatic heterocycles. The Bertz CT molecular complexity index is 266. The monoisotopic (exact) mass is 258 g/mol. The molecule has 0 aliphatic carbocycles. The third-order valence-electron chi connectivity index (χ3n) is 2.22. The van der Waals surface area contributed by atoms with Crippen LogP contribution in [0.2, 0.25) is 0 Å². The second-order valence-electron chi connectivity index (χ2n) is 3.37. The van der Waals surface area contributed by atoms with Gasteiger partial charge in [-0.25, -0.2) is 4.79 Å². The molecule has 0 aromatic carbocycles. The molecule has 0 aromatic heterocycles. The molecule has 14 heavy (non-hydrogen) atoms. The highest BCUT2D eigenvalue weighted by molar-refractivity contribution is 9.11. The maximum atomic E-state index is 11.0. The molecule has 0 atom stereocenters. The lowest BCUT2D eigenvalue weighted by Gasteiger charge is -2.02. The number of carbonyl (C=O) groups is 1. The van der Waals surface area contributed by atoms with E-state index in [9.17, 15) is 4.79 Å². The van der Waals surface area contributed by atoms with Crippen LogP contribution >= 0.6 is 15.9 Å². The number of unbranched alkanes of at least 4 members (excludes halogenated alkanes) is 3. The van der Waals surface area contributed by atoms with E-state index >= 15 is 0 Å². The van der Waals surface area contributed by atoms with Gasteiger partial charge < -0.3 is 4.74 Å². The minimum Gasteiger partial charge on any atom is -0.423 e. The molecule has 0 fully saturated rings. The second kappa shape index (κ2) is 6.02. The molecule has 0 unspecified atom stereocenters. The van der Waals surface area contributed by atoms with Gasteiger partial charge in [-0.1, -0.05) is 42.1 Å². The number of carbonyl (C=O) groups excluding carboxylic acids is 1. The van der Waals surface area contributed by atoms with Crippen molar-refractivity contribution in [1.29, 1.82) is 0 Å². The summed E-state index contributed by atoms with van der Waals surface area (Å²) in [4.78, 5) is 12.6. The van der Waals surface area contributed by atoms with Crippen molar-refractivity contribution in [3.8, 4) is 0 Å². The minimum atomic E-state index is -0.249. The van der Waals surface area contributed by atoms with Crippen molar-refractivity contribution in [1.82, 2.24) is 0 Å². The molecule has 0 spiro atoms. The lowest BCUT2D eigenvalue weighted by atomic mass is 10.1. The summed E-state index contributed by atoms with van der Waals surface area (Å²) in [5, 5.41) is 0. The third-order valence-corrected chi connectivity index (χ3v) is 2.63.